The van der Waals surface area contributed by atoms with Gasteiger partial charge in [0.2, 0.25) is 11.8 Å². The van der Waals surface area contributed by atoms with Crippen molar-refractivity contribution in [3.8, 4) is 0 Å². The summed E-state index contributed by atoms with van der Waals surface area (Å²) < 4.78 is 0. The van der Waals surface area contributed by atoms with Crippen molar-refractivity contribution in [3.05, 3.63) is 23.2 Å². The normalized spacial score (nSPS) is 26.4. The van der Waals surface area contributed by atoms with E-state index in [4.69, 9.17) is 17.3 Å². The van der Waals surface area contributed by atoms with Crippen LogP contribution in [0.3, 0.4) is 0 Å². The second-order valence-corrected chi connectivity index (χ2v) is 8.14. The van der Waals surface area contributed by atoms with Crippen molar-refractivity contribution < 1.29 is 9.59 Å². The Bertz CT molecular complexity index is 632. The topological polar surface area (TPSA) is 84.2 Å². The van der Waals surface area contributed by atoms with Crippen molar-refractivity contribution in [1.82, 2.24) is 5.32 Å². The number of nitrogens with one attached hydrogen (secondary N) is 2. The first-order valence-corrected chi connectivity index (χ1v) is 9.57. The third kappa shape index (κ3) is 4.23. The molecule has 0 aromatic heterocycles. The zero-order valence-corrected chi connectivity index (χ0v) is 15.0. The molecule has 2 aliphatic rings. The molecule has 4 N–H and O–H groups in total. The van der Waals surface area contributed by atoms with Crippen molar-refractivity contribution in [3.63, 3.8) is 0 Å². The molecule has 0 radical (unpaired) electrons. The maximum Gasteiger partial charge on any atom is 0.238 e. The first-order chi connectivity index (χ1) is 11.5. The fourth-order valence-electron chi connectivity index (χ4n) is 3.25. The molecule has 0 spiro atoms. The number of benzene rings is 1. The van der Waals surface area contributed by atoms with Gasteiger partial charge in [-0.05, 0) is 56.3 Å². The van der Waals surface area contributed by atoms with Crippen LogP contribution in [-0.4, -0.2) is 29.7 Å². The number of hydrogen-bond acceptors (Lipinski definition) is 4. The lowest BCUT2D eigenvalue weighted by Gasteiger charge is -2.29. The Labute approximate surface area is 151 Å². The van der Waals surface area contributed by atoms with Crippen LogP contribution in [0.15, 0.2) is 23.1 Å². The van der Waals surface area contributed by atoms with Crippen molar-refractivity contribution in [2.24, 2.45) is 11.7 Å². The Balaban J connectivity index is 1.53. The molecule has 2 amide bonds. The van der Waals surface area contributed by atoms with Gasteiger partial charge in [0.1, 0.15) is 0 Å². The van der Waals surface area contributed by atoms with E-state index < -0.39 is 5.25 Å². The number of hydrogen-bond donors (Lipinski definition) is 3. The first kappa shape index (κ1) is 17.6. The molecular formula is C17H22ClN3O2S. The summed E-state index contributed by atoms with van der Waals surface area (Å²) in [4.78, 5) is 25.4. The SMILES string of the molecule is NCC1CCC(NC(=O)CC2Sc3ccc(Cl)cc3NC2=O)CC1. The minimum atomic E-state index is -0.404. The maximum atomic E-state index is 12.3. The lowest BCUT2D eigenvalue weighted by molar-refractivity contribution is -0.124. The zero-order chi connectivity index (χ0) is 17.1. The van der Waals surface area contributed by atoms with Crippen LogP contribution in [0.1, 0.15) is 32.1 Å². The average Bonchev–Trinajstić information content (AvgIpc) is 2.56. The number of nitrogens with two attached hydrogens (primary N) is 1. The van der Waals surface area contributed by atoms with Crippen molar-refractivity contribution in [2.45, 2.75) is 48.3 Å². The monoisotopic (exact) mass is 367 g/mol. The Morgan fingerprint density at radius 2 is 2.08 bits per heavy atom. The fourth-order valence-corrected chi connectivity index (χ4v) is 4.52. The van der Waals surface area contributed by atoms with Gasteiger partial charge in [-0.25, -0.2) is 0 Å². The zero-order valence-electron chi connectivity index (χ0n) is 13.4. The Morgan fingerprint density at radius 1 is 1.33 bits per heavy atom. The molecule has 24 heavy (non-hydrogen) atoms. The summed E-state index contributed by atoms with van der Waals surface area (Å²) in [5.41, 5.74) is 6.41. The molecule has 130 valence electrons. The highest BCUT2D eigenvalue weighted by Crippen LogP contribution is 2.38. The van der Waals surface area contributed by atoms with Crippen LogP contribution in [0.4, 0.5) is 5.69 Å². The number of carbonyl (C=O) groups excluding carboxylic acids is 2. The number of fused-ring (bicyclic) bond motifs is 1. The van der Waals surface area contributed by atoms with Gasteiger partial charge in [-0.1, -0.05) is 11.6 Å². The first-order valence-electron chi connectivity index (χ1n) is 8.31. The molecule has 7 heteroatoms. The fraction of sp³-hybridized carbons (Fsp3) is 0.529. The number of thioether (sulfide) groups is 1. The smallest absolute Gasteiger partial charge is 0.238 e. The molecule has 1 aliphatic heterocycles. The molecule has 1 aromatic rings. The molecule has 0 saturated heterocycles. The van der Waals surface area contributed by atoms with Gasteiger partial charge in [0.25, 0.3) is 0 Å². The standard InChI is InChI=1S/C17H22ClN3O2S/c18-11-3-6-14-13(7-11)21-17(23)15(24-14)8-16(22)20-12-4-1-10(9-19)2-5-12/h3,6-7,10,12,15H,1-2,4-5,8-9,19H2,(H,20,22)(H,21,23). The van der Waals surface area contributed by atoms with Gasteiger partial charge < -0.3 is 16.4 Å². The molecule has 1 aliphatic carbocycles. The Hall–Kier alpha value is -1.24. The van der Waals surface area contributed by atoms with E-state index in [0.29, 0.717) is 16.6 Å². The van der Waals surface area contributed by atoms with Crippen LogP contribution < -0.4 is 16.4 Å². The lowest BCUT2D eigenvalue weighted by atomic mass is 9.86. The third-order valence-corrected chi connectivity index (χ3v) is 6.19. The van der Waals surface area contributed by atoms with Gasteiger partial charge in [-0.2, -0.15) is 0 Å². The number of amides is 2. The van der Waals surface area contributed by atoms with Gasteiger partial charge in [0.05, 0.1) is 10.9 Å². The summed E-state index contributed by atoms with van der Waals surface area (Å²) in [5, 5.41) is 6.08. The molecule has 0 bridgehead atoms. The highest BCUT2D eigenvalue weighted by atomic mass is 35.5. The predicted octanol–water partition coefficient (Wildman–Crippen LogP) is 2.78. The van der Waals surface area contributed by atoms with E-state index in [-0.39, 0.29) is 24.3 Å². The molecule has 5 nitrogen and oxygen atoms in total. The molecule has 1 aromatic carbocycles. The largest absolute Gasteiger partial charge is 0.353 e. The Kier molecular flexibility index (Phi) is 5.69. The molecule has 1 saturated carbocycles. The van der Waals surface area contributed by atoms with Crippen LogP contribution in [0, 0.1) is 5.92 Å². The average molecular weight is 368 g/mol. The number of halogens is 1. The van der Waals surface area contributed by atoms with E-state index in [9.17, 15) is 9.59 Å². The van der Waals surface area contributed by atoms with E-state index in [1.165, 1.54) is 11.8 Å². The molecule has 1 heterocycles. The summed E-state index contributed by atoms with van der Waals surface area (Å²) in [6.45, 7) is 0.725. The molecule has 1 fully saturated rings. The second kappa shape index (κ2) is 7.76. The van der Waals surface area contributed by atoms with E-state index in [2.05, 4.69) is 10.6 Å². The van der Waals surface area contributed by atoms with E-state index in [1.54, 1.807) is 12.1 Å². The van der Waals surface area contributed by atoms with Crippen LogP contribution in [0.25, 0.3) is 0 Å². The summed E-state index contributed by atoms with van der Waals surface area (Å²) in [5.74, 6) is 0.383. The van der Waals surface area contributed by atoms with Crippen molar-refractivity contribution in [2.75, 3.05) is 11.9 Å². The van der Waals surface area contributed by atoms with Gasteiger partial charge in [-0.15, -0.1) is 11.8 Å². The number of anilines is 1. The van der Waals surface area contributed by atoms with Gasteiger partial charge in [-0.3, -0.25) is 9.59 Å². The quantitative estimate of drug-likeness (QED) is 0.764. The summed E-state index contributed by atoms with van der Waals surface area (Å²) >= 11 is 7.36. The van der Waals surface area contributed by atoms with Crippen LogP contribution in [-0.2, 0) is 9.59 Å². The van der Waals surface area contributed by atoms with Gasteiger partial charge in [0.15, 0.2) is 0 Å². The van der Waals surface area contributed by atoms with Crippen molar-refractivity contribution >= 4 is 40.9 Å². The summed E-state index contributed by atoms with van der Waals surface area (Å²) in [6.07, 6.45) is 4.26. The highest BCUT2D eigenvalue weighted by molar-refractivity contribution is 8.01. The van der Waals surface area contributed by atoms with Crippen LogP contribution in [0.2, 0.25) is 5.02 Å². The number of carbonyl (C=O) groups is 2. The van der Waals surface area contributed by atoms with Crippen molar-refractivity contribution in [1.29, 1.82) is 0 Å². The van der Waals surface area contributed by atoms with Gasteiger partial charge in [0, 0.05) is 22.4 Å². The van der Waals surface area contributed by atoms with E-state index >= 15 is 0 Å². The highest BCUT2D eigenvalue weighted by Gasteiger charge is 2.30. The molecule has 1 atom stereocenters. The predicted molar refractivity (Wildman–Crippen MR) is 97.3 cm³/mol. The molecule has 1 unspecified atom stereocenters. The minimum Gasteiger partial charge on any atom is -0.353 e. The van der Waals surface area contributed by atoms with Crippen LogP contribution in [0.5, 0.6) is 0 Å². The van der Waals surface area contributed by atoms with Gasteiger partial charge >= 0.3 is 0 Å². The summed E-state index contributed by atoms with van der Waals surface area (Å²) in [6, 6.07) is 5.61. The maximum absolute atomic E-state index is 12.3. The minimum absolute atomic E-state index is 0.0590. The van der Waals surface area contributed by atoms with Crippen LogP contribution >= 0.6 is 23.4 Å². The lowest BCUT2D eigenvalue weighted by Crippen LogP contribution is -2.41. The van der Waals surface area contributed by atoms with E-state index in [1.807, 2.05) is 6.07 Å². The molecular weight excluding hydrogens is 346 g/mol. The third-order valence-electron chi connectivity index (χ3n) is 4.68. The Morgan fingerprint density at radius 3 is 2.79 bits per heavy atom. The molecule has 3 rings (SSSR count). The summed E-state index contributed by atoms with van der Waals surface area (Å²) in [7, 11) is 0. The van der Waals surface area contributed by atoms with E-state index in [0.717, 1.165) is 37.1 Å². The number of rotatable bonds is 4. The second-order valence-electron chi connectivity index (χ2n) is 6.46.